The van der Waals surface area contributed by atoms with Crippen molar-refractivity contribution >= 4 is 0 Å². The Hall–Kier alpha value is -0.920. The van der Waals surface area contributed by atoms with Crippen molar-refractivity contribution in [3.63, 3.8) is 0 Å². The maximum atomic E-state index is 5.28. The number of methoxy groups -OCH3 is 1. The summed E-state index contributed by atoms with van der Waals surface area (Å²) in [5.74, 6) is 1.05. The zero-order valence-corrected chi connectivity index (χ0v) is 8.13. The Kier molecular flexibility index (Phi) is 2.79. The molecule has 0 spiro atoms. The van der Waals surface area contributed by atoms with Gasteiger partial charge in [-0.2, -0.15) is 0 Å². The molecule has 0 radical (unpaired) electrons. The van der Waals surface area contributed by atoms with Crippen LogP contribution in [-0.2, 0) is 4.74 Å². The van der Waals surface area contributed by atoms with Gasteiger partial charge in [-0.05, 0) is 6.42 Å². The minimum atomic E-state index is 0.410. The lowest BCUT2D eigenvalue weighted by Crippen LogP contribution is -2.26. The van der Waals surface area contributed by atoms with Crippen molar-refractivity contribution in [1.29, 1.82) is 0 Å². The Bertz CT molecular complexity index is 208. The molecule has 1 aliphatic heterocycles. The third-order valence-corrected chi connectivity index (χ3v) is 2.36. The van der Waals surface area contributed by atoms with Crippen LogP contribution in [0.15, 0.2) is 24.1 Å². The van der Waals surface area contributed by atoms with Gasteiger partial charge < -0.3 is 9.64 Å². The smallest absolute Gasteiger partial charge is 0.120 e. The fourth-order valence-corrected chi connectivity index (χ4v) is 1.56. The molecule has 0 amide bonds. The second kappa shape index (κ2) is 3.65. The van der Waals surface area contributed by atoms with Gasteiger partial charge in [-0.25, -0.2) is 0 Å². The normalized spacial score (nSPS) is 22.9. The molecule has 2 nitrogen and oxygen atoms in total. The van der Waals surface area contributed by atoms with E-state index in [1.807, 2.05) is 6.08 Å². The van der Waals surface area contributed by atoms with E-state index in [1.54, 1.807) is 7.11 Å². The van der Waals surface area contributed by atoms with Gasteiger partial charge >= 0.3 is 0 Å². The van der Waals surface area contributed by atoms with E-state index in [9.17, 15) is 0 Å². The number of hydrogen-bond acceptors (Lipinski definition) is 2. The molecule has 2 heteroatoms. The molecule has 1 rings (SSSR count). The predicted octanol–water partition coefficient (Wildman–Crippen LogP) is 2.14. The van der Waals surface area contributed by atoms with Gasteiger partial charge in [-0.15, -0.1) is 0 Å². The van der Waals surface area contributed by atoms with Crippen LogP contribution in [0.2, 0.25) is 0 Å². The maximum absolute atomic E-state index is 5.28. The Balaban J connectivity index is 2.71. The number of hydrogen-bond donors (Lipinski definition) is 0. The third kappa shape index (κ3) is 1.47. The first-order valence-corrected chi connectivity index (χ1v) is 4.38. The Morgan fingerprint density at radius 1 is 1.67 bits per heavy atom. The molecular formula is C10H17NO. The van der Waals surface area contributed by atoms with Crippen molar-refractivity contribution in [2.24, 2.45) is 0 Å². The summed E-state index contributed by atoms with van der Waals surface area (Å²) in [6.07, 6.45) is 4.32. The molecule has 0 saturated heterocycles. The van der Waals surface area contributed by atoms with Crippen molar-refractivity contribution < 1.29 is 4.74 Å². The summed E-state index contributed by atoms with van der Waals surface area (Å²) in [4.78, 5) is 2.17. The highest BCUT2D eigenvalue weighted by atomic mass is 16.5. The molecule has 0 fully saturated rings. The summed E-state index contributed by atoms with van der Waals surface area (Å²) in [5.41, 5.74) is 1.05. The van der Waals surface area contributed by atoms with Crippen LogP contribution in [0.4, 0.5) is 0 Å². The Morgan fingerprint density at radius 3 is 2.83 bits per heavy atom. The van der Waals surface area contributed by atoms with E-state index < -0.39 is 0 Å². The molecule has 0 aromatic heterocycles. The van der Waals surface area contributed by atoms with Gasteiger partial charge in [0.15, 0.2) is 0 Å². The summed E-state index contributed by atoms with van der Waals surface area (Å²) in [7, 11) is 3.78. The van der Waals surface area contributed by atoms with Gasteiger partial charge in [0.05, 0.1) is 13.2 Å². The number of ether oxygens (including phenoxy) is 1. The Labute approximate surface area is 74.5 Å². The monoisotopic (exact) mass is 167 g/mol. The predicted molar refractivity (Wildman–Crippen MR) is 50.7 cm³/mol. The summed E-state index contributed by atoms with van der Waals surface area (Å²) < 4.78 is 5.28. The molecule has 0 N–H and O–H groups in total. The van der Waals surface area contributed by atoms with E-state index in [2.05, 4.69) is 25.5 Å². The van der Waals surface area contributed by atoms with Crippen molar-refractivity contribution in [1.82, 2.24) is 4.90 Å². The fourth-order valence-electron chi connectivity index (χ4n) is 1.56. The molecule has 1 aliphatic rings. The van der Waals surface area contributed by atoms with Crippen LogP contribution in [0.25, 0.3) is 0 Å². The van der Waals surface area contributed by atoms with Gasteiger partial charge in [-0.3, -0.25) is 0 Å². The second-order valence-electron chi connectivity index (χ2n) is 3.16. The molecule has 0 bridgehead atoms. The molecule has 1 atom stereocenters. The van der Waals surface area contributed by atoms with E-state index in [1.165, 1.54) is 6.42 Å². The largest absolute Gasteiger partial charge is 0.499 e. The van der Waals surface area contributed by atoms with Crippen LogP contribution in [0.1, 0.15) is 19.8 Å². The van der Waals surface area contributed by atoms with Crippen LogP contribution < -0.4 is 0 Å². The quantitative estimate of drug-likeness (QED) is 0.638. The van der Waals surface area contributed by atoms with E-state index in [-0.39, 0.29) is 0 Å². The highest BCUT2D eigenvalue weighted by molar-refractivity contribution is 5.28. The van der Waals surface area contributed by atoms with Crippen molar-refractivity contribution in [3.8, 4) is 0 Å². The zero-order valence-electron chi connectivity index (χ0n) is 8.13. The van der Waals surface area contributed by atoms with Crippen LogP contribution in [0.5, 0.6) is 0 Å². The highest BCUT2D eigenvalue weighted by Gasteiger charge is 2.25. The first-order valence-electron chi connectivity index (χ1n) is 4.38. The number of allylic oxidation sites excluding steroid dienone is 1. The molecule has 0 saturated carbocycles. The van der Waals surface area contributed by atoms with Gasteiger partial charge in [0.2, 0.25) is 0 Å². The molecule has 1 unspecified atom stereocenters. The van der Waals surface area contributed by atoms with Crippen LogP contribution in [0.3, 0.4) is 0 Å². The highest BCUT2D eigenvalue weighted by Crippen LogP contribution is 2.27. The number of likely N-dealkylation sites (N-methyl/N-ethyl adjacent to an activating group) is 1. The molecule has 0 aromatic carbocycles. The van der Waals surface area contributed by atoms with Crippen molar-refractivity contribution in [2.75, 3.05) is 14.2 Å². The third-order valence-electron chi connectivity index (χ3n) is 2.36. The molecule has 0 aliphatic carbocycles. The zero-order chi connectivity index (χ0) is 9.14. The van der Waals surface area contributed by atoms with Crippen LogP contribution in [0, 0.1) is 0 Å². The van der Waals surface area contributed by atoms with Crippen molar-refractivity contribution in [2.45, 2.75) is 25.8 Å². The number of rotatable bonds is 3. The lowest BCUT2D eigenvalue weighted by molar-refractivity contribution is 0.214. The van der Waals surface area contributed by atoms with E-state index in [0.717, 1.165) is 17.9 Å². The van der Waals surface area contributed by atoms with E-state index in [0.29, 0.717) is 6.04 Å². The number of nitrogens with zero attached hydrogens (tertiary/aromatic N) is 1. The van der Waals surface area contributed by atoms with E-state index in [4.69, 9.17) is 4.74 Å². The molecule has 1 heterocycles. The topological polar surface area (TPSA) is 12.5 Å². The second-order valence-corrected chi connectivity index (χ2v) is 3.16. The minimum Gasteiger partial charge on any atom is -0.499 e. The lowest BCUT2D eigenvalue weighted by atomic mass is 10.1. The average molecular weight is 167 g/mol. The first-order chi connectivity index (χ1) is 5.70. The maximum Gasteiger partial charge on any atom is 0.120 e. The van der Waals surface area contributed by atoms with Crippen LogP contribution >= 0.6 is 0 Å². The lowest BCUT2D eigenvalue weighted by Gasteiger charge is -2.23. The van der Waals surface area contributed by atoms with Crippen LogP contribution in [-0.4, -0.2) is 25.1 Å². The molecule has 12 heavy (non-hydrogen) atoms. The average Bonchev–Trinajstić information content (AvgIpc) is 2.33. The Morgan fingerprint density at radius 2 is 2.33 bits per heavy atom. The standard InChI is InChI=1S/C10H17NO/c1-5-6-9-10(12-4)7-8(2)11(9)3/h7,9H,2,5-6H2,1,3-4H3. The summed E-state index contributed by atoms with van der Waals surface area (Å²) in [6.45, 7) is 6.12. The van der Waals surface area contributed by atoms with Gasteiger partial charge in [0, 0.05) is 18.8 Å². The SMILES string of the molecule is C=C1C=C(OC)C(CCC)N1C. The summed E-state index contributed by atoms with van der Waals surface area (Å²) in [5, 5.41) is 0. The minimum absolute atomic E-state index is 0.410. The first kappa shape index (κ1) is 9.17. The van der Waals surface area contributed by atoms with Crippen molar-refractivity contribution in [3.05, 3.63) is 24.1 Å². The molecular weight excluding hydrogens is 150 g/mol. The molecule has 0 aromatic rings. The van der Waals surface area contributed by atoms with Gasteiger partial charge in [0.25, 0.3) is 0 Å². The van der Waals surface area contributed by atoms with Gasteiger partial charge in [-0.1, -0.05) is 19.9 Å². The summed E-state index contributed by atoms with van der Waals surface area (Å²) >= 11 is 0. The van der Waals surface area contributed by atoms with Gasteiger partial charge in [0.1, 0.15) is 5.76 Å². The van der Waals surface area contributed by atoms with E-state index >= 15 is 0 Å². The molecule has 68 valence electrons. The summed E-state index contributed by atoms with van der Waals surface area (Å²) in [6, 6.07) is 0.410. The fraction of sp³-hybridized carbons (Fsp3) is 0.600.